The summed E-state index contributed by atoms with van der Waals surface area (Å²) >= 11 is 2.10. The Labute approximate surface area is 110 Å². The number of rotatable bonds is 2. The van der Waals surface area contributed by atoms with Crippen LogP contribution in [0.2, 0.25) is 0 Å². The Morgan fingerprint density at radius 1 is 1.35 bits per heavy atom. The second-order valence-electron chi connectivity index (χ2n) is 5.84. The fourth-order valence-corrected chi connectivity index (χ4v) is 4.28. The van der Waals surface area contributed by atoms with E-state index >= 15 is 0 Å². The summed E-state index contributed by atoms with van der Waals surface area (Å²) in [6.45, 7) is 9.14. The summed E-state index contributed by atoms with van der Waals surface area (Å²) in [6.07, 6.45) is 2.47. The van der Waals surface area contributed by atoms with E-state index in [9.17, 15) is 0 Å². The van der Waals surface area contributed by atoms with Gasteiger partial charge in [-0.15, -0.1) is 0 Å². The van der Waals surface area contributed by atoms with Crippen LogP contribution in [-0.4, -0.2) is 65.6 Å². The first kappa shape index (κ1) is 13.7. The molecule has 100 valence electrons. The lowest BCUT2D eigenvalue weighted by Gasteiger charge is -2.52. The molecule has 3 atom stereocenters. The van der Waals surface area contributed by atoms with Crippen LogP contribution in [0.3, 0.4) is 0 Å². The first-order valence-electron chi connectivity index (χ1n) is 6.84. The van der Waals surface area contributed by atoms with E-state index in [0.717, 1.165) is 11.8 Å². The van der Waals surface area contributed by atoms with Gasteiger partial charge in [0.1, 0.15) is 0 Å². The first-order valence-corrected chi connectivity index (χ1v) is 7.89. The van der Waals surface area contributed by atoms with Gasteiger partial charge in [-0.25, -0.2) is 0 Å². The van der Waals surface area contributed by atoms with Crippen LogP contribution in [0.4, 0.5) is 0 Å². The Kier molecular flexibility index (Phi) is 4.40. The Balaban J connectivity index is 2.08. The summed E-state index contributed by atoms with van der Waals surface area (Å²) in [5.41, 5.74) is 6.43. The molecule has 0 spiro atoms. The lowest BCUT2D eigenvalue weighted by Crippen LogP contribution is -2.63. The maximum Gasteiger partial charge on any atom is 0.0359 e. The van der Waals surface area contributed by atoms with Gasteiger partial charge in [0.05, 0.1) is 0 Å². The van der Waals surface area contributed by atoms with Gasteiger partial charge in [-0.2, -0.15) is 11.8 Å². The van der Waals surface area contributed by atoms with Crippen LogP contribution < -0.4 is 5.73 Å². The summed E-state index contributed by atoms with van der Waals surface area (Å²) in [5.74, 6) is 1.27. The molecule has 0 bridgehead atoms. The standard InChI is InChI=1S/C13H27N3S/c1-11-8-13(10-14,4-5-15(11)3)16-6-7-17-12(2)9-16/h11-12H,4-10,14H2,1-3H3. The van der Waals surface area contributed by atoms with Crippen molar-refractivity contribution < 1.29 is 0 Å². The normalized spacial score (nSPS) is 41.6. The number of likely N-dealkylation sites (tertiary alicyclic amines) is 1. The number of hydrogen-bond donors (Lipinski definition) is 1. The molecule has 2 saturated heterocycles. The van der Waals surface area contributed by atoms with Crippen LogP contribution >= 0.6 is 11.8 Å². The van der Waals surface area contributed by atoms with Gasteiger partial charge in [-0.3, -0.25) is 4.90 Å². The monoisotopic (exact) mass is 257 g/mol. The van der Waals surface area contributed by atoms with E-state index in [4.69, 9.17) is 5.73 Å². The van der Waals surface area contributed by atoms with Crippen molar-refractivity contribution in [3.8, 4) is 0 Å². The highest BCUT2D eigenvalue weighted by Gasteiger charge is 2.41. The number of piperidine rings is 1. The third-order valence-corrected chi connectivity index (χ3v) is 5.79. The SMILES string of the molecule is CC1CN(C2(CN)CCN(C)C(C)C2)CCS1. The van der Waals surface area contributed by atoms with Crippen LogP contribution in [0.15, 0.2) is 0 Å². The van der Waals surface area contributed by atoms with Crippen molar-refractivity contribution >= 4 is 11.8 Å². The van der Waals surface area contributed by atoms with Crippen LogP contribution in [-0.2, 0) is 0 Å². The number of nitrogens with two attached hydrogens (primary N) is 1. The summed E-state index contributed by atoms with van der Waals surface area (Å²) in [7, 11) is 2.24. The fraction of sp³-hybridized carbons (Fsp3) is 1.00. The smallest absolute Gasteiger partial charge is 0.0359 e. The van der Waals surface area contributed by atoms with Crippen LogP contribution in [0, 0.1) is 0 Å². The molecule has 2 N–H and O–H groups in total. The van der Waals surface area contributed by atoms with E-state index in [2.05, 4.69) is 42.5 Å². The highest BCUT2D eigenvalue weighted by atomic mass is 32.2. The largest absolute Gasteiger partial charge is 0.329 e. The lowest BCUT2D eigenvalue weighted by molar-refractivity contribution is 0.0131. The highest BCUT2D eigenvalue weighted by Crippen LogP contribution is 2.34. The summed E-state index contributed by atoms with van der Waals surface area (Å²) in [5, 5.41) is 0.766. The molecule has 0 radical (unpaired) electrons. The van der Waals surface area contributed by atoms with Crippen molar-refractivity contribution in [2.45, 2.75) is 43.5 Å². The summed E-state index contributed by atoms with van der Waals surface area (Å²) < 4.78 is 0. The minimum absolute atomic E-state index is 0.279. The minimum atomic E-state index is 0.279. The molecule has 0 aromatic heterocycles. The Hall–Kier alpha value is 0.230. The number of thioether (sulfide) groups is 1. The predicted molar refractivity (Wildman–Crippen MR) is 76.6 cm³/mol. The Morgan fingerprint density at radius 3 is 2.71 bits per heavy atom. The second-order valence-corrected chi connectivity index (χ2v) is 7.39. The summed E-state index contributed by atoms with van der Waals surface area (Å²) in [6, 6.07) is 0.664. The van der Waals surface area contributed by atoms with Crippen molar-refractivity contribution in [1.29, 1.82) is 0 Å². The van der Waals surface area contributed by atoms with E-state index in [1.807, 2.05) is 0 Å². The van der Waals surface area contributed by atoms with Crippen molar-refractivity contribution in [2.24, 2.45) is 5.73 Å². The van der Waals surface area contributed by atoms with Crippen molar-refractivity contribution in [1.82, 2.24) is 9.80 Å². The van der Waals surface area contributed by atoms with Gasteiger partial charge in [-0.1, -0.05) is 6.92 Å². The highest BCUT2D eigenvalue weighted by molar-refractivity contribution is 7.99. The van der Waals surface area contributed by atoms with Gasteiger partial charge < -0.3 is 10.6 Å². The zero-order chi connectivity index (χ0) is 12.5. The van der Waals surface area contributed by atoms with Crippen LogP contribution in [0.1, 0.15) is 26.7 Å². The number of nitrogens with zero attached hydrogens (tertiary/aromatic N) is 2. The van der Waals surface area contributed by atoms with E-state index in [1.165, 1.54) is 38.2 Å². The average molecular weight is 257 g/mol. The molecule has 3 nitrogen and oxygen atoms in total. The molecular formula is C13H27N3S. The molecule has 0 aromatic carbocycles. The maximum absolute atomic E-state index is 6.16. The molecule has 2 aliphatic heterocycles. The quantitative estimate of drug-likeness (QED) is 0.807. The fourth-order valence-electron chi connectivity index (χ4n) is 3.26. The van der Waals surface area contributed by atoms with E-state index in [1.54, 1.807) is 0 Å². The molecule has 2 heterocycles. The number of hydrogen-bond acceptors (Lipinski definition) is 4. The van der Waals surface area contributed by atoms with Crippen molar-refractivity contribution in [2.75, 3.05) is 39.0 Å². The minimum Gasteiger partial charge on any atom is -0.329 e. The van der Waals surface area contributed by atoms with Crippen molar-refractivity contribution in [3.05, 3.63) is 0 Å². The molecule has 17 heavy (non-hydrogen) atoms. The van der Waals surface area contributed by atoms with Gasteiger partial charge in [0.25, 0.3) is 0 Å². The zero-order valence-corrected chi connectivity index (χ0v) is 12.3. The molecule has 2 aliphatic rings. The van der Waals surface area contributed by atoms with Gasteiger partial charge in [0, 0.05) is 42.2 Å². The summed E-state index contributed by atoms with van der Waals surface area (Å²) in [4.78, 5) is 5.16. The third-order valence-electron chi connectivity index (χ3n) is 4.65. The van der Waals surface area contributed by atoms with Gasteiger partial charge in [0.15, 0.2) is 0 Å². The van der Waals surface area contributed by atoms with E-state index in [0.29, 0.717) is 6.04 Å². The van der Waals surface area contributed by atoms with Crippen molar-refractivity contribution in [3.63, 3.8) is 0 Å². The molecule has 4 heteroatoms. The van der Waals surface area contributed by atoms with Crippen LogP contribution in [0.25, 0.3) is 0 Å². The molecule has 0 aliphatic carbocycles. The molecule has 0 saturated carbocycles. The second kappa shape index (κ2) is 5.47. The molecular weight excluding hydrogens is 230 g/mol. The molecule has 0 aromatic rings. The van der Waals surface area contributed by atoms with E-state index in [-0.39, 0.29) is 5.54 Å². The predicted octanol–water partition coefficient (Wildman–Crippen LogP) is 1.24. The van der Waals surface area contributed by atoms with Gasteiger partial charge in [-0.05, 0) is 33.4 Å². The Bertz CT molecular complexity index is 261. The molecule has 2 rings (SSSR count). The van der Waals surface area contributed by atoms with Gasteiger partial charge >= 0.3 is 0 Å². The van der Waals surface area contributed by atoms with E-state index < -0.39 is 0 Å². The van der Waals surface area contributed by atoms with Gasteiger partial charge in [0.2, 0.25) is 0 Å². The average Bonchev–Trinajstić information content (AvgIpc) is 2.33. The Morgan fingerprint density at radius 2 is 2.12 bits per heavy atom. The lowest BCUT2D eigenvalue weighted by atomic mass is 9.82. The maximum atomic E-state index is 6.16. The molecule has 0 amide bonds. The zero-order valence-electron chi connectivity index (χ0n) is 11.5. The third kappa shape index (κ3) is 2.80. The topological polar surface area (TPSA) is 32.5 Å². The first-order chi connectivity index (χ1) is 8.07. The molecule has 3 unspecified atom stereocenters. The van der Waals surface area contributed by atoms with Crippen LogP contribution in [0.5, 0.6) is 0 Å². The molecule has 2 fully saturated rings.